The predicted octanol–water partition coefficient (Wildman–Crippen LogP) is 1.86. The lowest BCUT2D eigenvalue weighted by molar-refractivity contribution is 0.0925. The largest absolute Gasteiger partial charge is 0.373 e. The van der Waals surface area contributed by atoms with Crippen molar-refractivity contribution < 1.29 is 9.53 Å². The van der Waals surface area contributed by atoms with Gasteiger partial charge < -0.3 is 26.0 Å². The molecule has 0 saturated carbocycles. The van der Waals surface area contributed by atoms with Crippen molar-refractivity contribution in [2.45, 2.75) is 38.3 Å². The molecule has 148 valence electrons. The smallest absolute Gasteiger partial charge is 0.314 e. The molecular formula is C20H31N5O2. The fourth-order valence-electron chi connectivity index (χ4n) is 3.80. The summed E-state index contributed by atoms with van der Waals surface area (Å²) in [6.07, 6.45) is 2.91. The number of nitrogens with zero attached hydrogens (tertiary/aromatic N) is 2. The number of urea groups is 1. The number of carbonyl (C=O) groups is 1. The monoisotopic (exact) mass is 373 g/mol. The van der Waals surface area contributed by atoms with Crippen LogP contribution in [0.25, 0.3) is 0 Å². The molecule has 0 spiro atoms. The second-order valence-electron chi connectivity index (χ2n) is 7.21. The number of guanidine groups is 1. The van der Waals surface area contributed by atoms with E-state index in [1.54, 1.807) is 4.90 Å². The Morgan fingerprint density at radius 1 is 1.26 bits per heavy atom. The van der Waals surface area contributed by atoms with Gasteiger partial charge >= 0.3 is 6.03 Å². The lowest BCUT2D eigenvalue weighted by Gasteiger charge is -2.32. The number of carbonyl (C=O) groups excluding carboxylic acids is 1. The summed E-state index contributed by atoms with van der Waals surface area (Å²) in [6.45, 7) is 5.79. The fourth-order valence-corrected chi connectivity index (χ4v) is 3.80. The van der Waals surface area contributed by atoms with E-state index in [0.717, 1.165) is 44.9 Å². The Morgan fingerprint density at radius 3 is 2.67 bits per heavy atom. The van der Waals surface area contributed by atoms with Gasteiger partial charge in [-0.2, -0.15) is 0 Å². The zero-order valence-electron chi connectivity index (χ0n) is 16.1. The normalized spacial score (nSPS) is 24.0. The molecule has 27 heavy (non-hydrogen) atoms. The first-order chi connectivity index (χ1) is 13.2. The first kappa shape index (κ1) is 19.5. The van der Waals surface area contributed by atoms with Crippen LogP contribution in [0.2, 0.25) is 0 Å². The Morgan fingerprint density at radius 2 is 2.00 bits per heavy atom. The lowest BCUT2D eigenvalue weighted by atomic mass is 9.95. The van der Waals surface area contributed by atoms with Crippen molar-refractivity contribution in [1.29, 1.82) is 0 Å². The van der Waals surface area contributed by atoms with Crippen molar-refractivity contribution in [2.24, 2.45) is 16.6 Å². The zero-order valence-corrected chi connectivity index (χ0v) is 16.1. The number of piperidine rings is 1. The maximum absolute atomic E-state index is 11.3. The minimum atomic E-state index is -0.331. The van der Waals surface area contributed by atoms with Crippen molar-refractivity contribution in [3.05, 3.63) is 35.9 Å². The highest BCUT2D eigenvalue weighted by Gasteiger charge is 2.29. The molecule has 2 unspecified atom stereocenters. The highest BCUT2D eigenvalue weighted by molar-refractivity contribution is 5.80. The summed E-state index contributed by atoms with van der Waals surface area (Å²) in [5.41, 5.74) is 6.59. The summed E-state index contributed by atoms with van der Waals surface area (Å²) >= 11 is 0. The molecule has 0 aliphatic carbocycles. The fraction of sp³-hybridized carbons (Fsp3) is 0.600. The highest BCUT2D eigenvalue weighted by Crippen LogP contribution is 2.34. The third kappa shape index (κ3) is 5.35. The maximum Gasteiger partial charge on any atom is 0.314 e. The topological polar surface area (TPSA) is 92.0 Å². The molecule has 3 rings (SSSR count). The summed E-state index contributed by atoms with van der Waals surface area (Å²) in [5, 5.41) is 6.85. The van der Waals surface area contributed by atoms with Crippen LogP contribution in [0.5, 0.6) is 0 Å². The Kier molecular flexibility index (Phi) is 6.92. The summed E-state index contributed by atoms with van der Waals surface area (Å²) in [4.78, 5) is 17.8. The van der Waals surface area contributed by atoms with Gasteiger partial charge in [0.2, 0.25) is 0 Å². The Bertz CT molecular complexity index is 629. The third-order valence-corrected chi connectivity index (χ3v) is 5.32. The number of amides is 2. The SMILES string of the molecule is CCNC(=NCC1CCOC1c1ccccc1)NC1CCN(C(N)=O)CC1. The molecule has 2 saturated heterocycles. The number of nitrogens with two attached hydrogens (primary N) is 1. The van der Waals surface area contributed by atoms with E-state index in [0.29, 0.717) is 25.0 Å². The molecule has 2 fully saturated rings. The molecule has 2 amide bonds. The molecule has 2 aliphatic rings. The van der Waals surface area contributed by atoms with Crippen LogP contribution in [0.3, 0.4) is 0 Å². The number of nitrogens with one attached hydrogen (secondary N) is 2. The number of benzene rings is 1. The summed E-state index contributed by atoms with van der Waals surface area (Å²) in [7, 11) is 0. The van der Waals surface area contributed by atoms with Crippen LogP contribution in [-0.2, 0) is 4.74 Å². The molecule has 0 aromatic heterocycles. The Balaban J connectivity index is 1.56. The van der Waals surface area contributed by atoms with Gasteiger partial charge in [0.25, 0.3) is 0 Å². The van der Waals surface area contributed by atoms with Gasteiger partial charge in [-0.15, -0.1) is 0 Å². The van der Waals surface area contributed by atoms with Gasteiger partial charge in [0.1, 0.15) is 0 Å². The van der Waals surface area contributed by atoms with Crippen molar-refractivity contribution in [2.75, 3.05) is 32.8 Å². The van der Waals surface area contributed by atoms with Gasteiger partial charge in [0.15, 0.2) is 5.96 Å². The number of primary amides is 1. The van der Waals surface area contributed by atoms with Gasteiger partial charge in [-0.25, -0.2) is 4.79 Å². The van der Waals surface area contributed by atoms with Crippen LogP contribution >= 0.6 is 0 Å². The van der Waals surface area contributed by atoms with Crippen LogP contribution in [0.15, 0.2) is 35.3 Å². The Labute approximate surface area is 161 Å². The van der Waals surface area contributed by atoms with Crippen LogP contribution in [0, 0.1) is 5.92 Å². The van der Waals surface area contributed by atoms with Gasteiger partial charge in [0, 0.05) is 44.7 Å². The van der Waals surface area contributed by atoms with E-state index in [-0.39, 0.29) is 12.1 Å². The molecule has 0 bridgehead atoms. The number of hydrogen-bond donors (Lipinski definition) is 3. The molecule has 0 radical (unpaired) electrons. The van der Waals surface area contributed by atoms with Crippen molar-refractivity contribution in [1.82, 2.24) is 15.5 Å². The van der Waals surface area contributed by atoms with Gasteiger partial charge in [-0.3, -0.25) is 4.99 Å². The number of likely N-dealkylation sites (tertiary alicyclic amines) is 1. The van der Waals surface area contributed by atoms with E-state index in [9.17, 15) is 4.79 Å². The van der Waals surface area contributed by atoms with Gasteiger partial charge in [-0.1, -0.05) is 30.3 Å². The van der Waals surface area contributed by atoms with Crippen LogP contribution < -0.4 is 16.4 Å². The summed E-state index contributed by atoms with van der Waals surface area (Å²) in [6, 6.07) is 10.4. The Hall–Kier alpha value is -2.28. The summed E-state index contributed by atoms with van der Waals surface area (Å²) in [5.74, 6) is 1.23. The molecule has 1 aromatic carbocycles. The molecule has 1 aromatic rings. The van der Waals surface area contributed by atoms with E-state index in [4.69, 9.17) is 15.5 Å². The second-order valence-corrected chi connectivity index (χ2v) is 7.21. The predicted molar refractivity (Wildman–Crippen MR) is 107 cm³/mol. The van der Waals surface area contributed by atoms with Gasteiger partial charge in [-0.05, 0) is 31.7 Å². The zero-order chi connectivity index (χ0) is 19.1. The van der Waals surface area contributed by atoms with Crippen LogP contribution in [0.4, 0.5) is 4.79 Å². The second kappa shape index (κ2) is 9.60. The number of hydrogen-bond acceptors (Lipinski definition) is 3. The van der Waals surface area contributed by atoms with Crippen LogP contribution in [0.1, 0.15) is 37.9 Å². The standard InChI is InChI=1S/C20H31N5O2/c1-2-22-20(24-17-8-11-25(12-9-17)19(21)26)23-14-16-10-13-27-18(16)15-6-4-3-5-7-15/h3-7,16-18H,2,8-14H2,1H3,(H2,21,26)(H2,22,23,24). The van der Waals surface area contributed by atoms with Crippen LogP contribution in [-0.4, -0.2) is 55.7 Å². The van der Waals surface area contributed by atoms with E-state index in [1.165, 1.54) is 5.56 Å². The van der Waals surface area contributed by atoms with E-state index >= 15 is 0 Å². The maximum atomic E-state index is 11.3. The molecule has 7 heteroatoms. The molecule has 2 atom stereocenters. The minimum absolute atomic E-state index is 0.122. The molecule has 2 aliphatic heterocycles. The molecular weight excluding hydrogens is 342 g/mol. The average molecular weight is 374 g/mol. The quantitative estimate of drug-likeness (QED) is 0.543. The van der Waals surface area contributed by atoms with Crippen molar-refractivity contribution in [3.8, 4) is 0 Å². The summed E-state index contributed by atoms with van der Waals surface area (Å²) < 4.78 is 5.97. The molecule has 4 N–H and O–H groups in total. The average Bonchev–Trinajstić information content (AvgIpc) is 3.16. The third-order valence-electron chi connectivity index (χ3n) is 5.32. The lowest BCUT2D eigenvalue weighted by Crippen LogP contribution is -2.50. The molecule has 2 heterocycles. The van der Waals surface area contributed by atoms with Crippen molar-refractivity contribution in [3.63, 3.8) is 0 Å². The number of ether oxygens (including phenoxy) is 1. The van der Waals surface area contributed by atoms with E-state index < -0.39 is 0 Å². The first-order valence-electron chi connectivity index (χ1n) is 9.93. The van der Waals surface area contributed by atoms with E-state index in [1.807, 2.05) is 6.07 Å². The minimum Gasteiger partial charge on any atom is -0.373 e. The first-order valence-corrected chi connectivity index (χ1v) is 9.93. The van der Waals surface area contributed by atoms with Crippen molar-refractivity contribution >= 4 is 12.0 Å². The molecule has 7 nitrogen and oxygen atoms in total. The highest BCUT2D eigenvalue weighted by atomic mass is 16.5. The van der Waals surface area contributed by atoms with Gasteiger partial charge in [0.05, 0.1) is 6.10 Å². The number of rotatable bonds is 5. The number of aliphatic imine (C=N–C) groups is 1. The van der Waals surface area contributed by atoms with E-state index in [2.05, 4.69) is 41.8 Å².